The van der Waals surface area contributed by atoms with E-state index in [4.69, 9.17) is 14.2 Å². The number of carbonyl (C=O) groups is 4. The summed E-state index contributed by atoms with van der Waals surface area (Å²) in [6.45, 7) is 1.46. The van der Waals surface area contributed by atoms with E-state index in [0.717, 1.165) is 43.2 Å². The monoisotopic (exact) mass is 668 g/mol. The van der Waals surface area contributed by atoms with Crippen LogP contribution in [0.3, 0.4) is 0 Å². The first-order valence-electron chi connectivity index (χ1n) is 16.8. The standard InChI is InChI=1S/C33H40N4O9S/c38-29-25-13-23(46-32(41)36-16-19-11-27-28(45-18-44-27)12-20(19)17-36)14-26(25)30(39)37(22-6-7-22)10-4-2-1-3-5-21-15-33(21,34-29)31(40)35-47(42,43)24-8-9-24/h3,5,11-12,21-26H,1-2,4,6-10,13-18H2,(H,34,38)(H,35,40)/b5-3-/t21-,23-,25-,26-,33-/m1/s1. The number of hydrogen-bond donors (Lipinski definition) is 2. The molecule has 13 nitrogen and oxygen atoms in total. The molecule has 0 unspecified atom stereocenters. The van der Waals surface area contributed by atoms with Crippen molar-refractivity contribution in [3.8, 4) is 11.5 Å². The molecule has 0 bridgehead atoms. The fourth-order valence-electron chi connectivity index (χ4n) is 7.64. The van der Waals surface area contributed by atoms with Crippen LogP contribution in [-0.2, 0) is 42.2 Å². The minimum atomic E-state index is -3.83. The Labute approximate surface area is 273 Å². The smallest absolute Gasteiger partial charge is 0.410 e. The van der Waals surface area contributed by atoms with Crippen LogP contribution in [0.5, 0.6) is 11.5 Å². The van der Waals surface area contributed by atoms with Gasteiger partial charge in [0, 0.05) is 31.6 Å². The molecule has 4 saturated carbocycles. The second-order valence-electron chi connectivity index (χ2n) is 14.2. The van der Waals surface area contributed by atoms with E-state index >= 15 is 0 Å². The fourth-order valence-corrected chi connectivity index (χ4v) is 9.00. The molecule has 2 N–H and O–H groups in total. The topological polar surface area (TPSA) is 161 Å². The molecular weight excluding hydrogens is 628 g/mol. The van der Waals surface area contributed by atoms with Crippen molar-refractivity contribution in [3.63, 3.8) is 0 Å². The van der Waals surface area contributed by atoms with Gasteiger partial charge in [0.15, 0.2) is 11.5 Å². The van der Waals surface area contributed by atoms with Crippen molar-refractivity contribution in [1.82, 2.24) is 19.8 Å². The van der Waals surface area contributed by atoms with Crippen molar-refractivity contribution in [3.05, 3.63) is 35.4 Å². The molecule has 4 aliphatic carbocycles. The van der Waals surface area contributed by atoms with Crippen molar-refractivity contribution in [1.29, 1.82) is 0 Å². The van der Waals surface area contributed by atoms with E-state index in [1.165, 1.54) is 0 Å². The highest BCUT2D eigenvalue weighted by atomic mass is 32.2. The summed E-state index contributed by atoms with van der Waals surface area (Å²) >= 11 is 0. The van der Waals surface area contributed by atoms with E-state index in [2.05, 4.69) is 10.0 Å². The lowest BCUT2D eigenvalue weighted by Gasteiger charge is -2.29. The maximum absolute atomic E-state index is 14.1. The number of sulfonamides is 1. The molecule has 8 rings (SSSR count). The molecule has 0 radical (unpaired) electrons. The van der Waals surface area contributed by atoms with Gasteiger partial charge < -0.3 is 24.4 Å². The van der Waals surface area contributed by atoms with Gasteiger partial charge in [-0.05, 0) is 87.5 Å². The van der Waals surface area contributed by atoms with E-state index < -0.39 is 56.7 Å². The highest BCUT2D eigenvalue weighted by Crippen LogP contribution is 2.47. The third kappa shape index (κ3) is 5.82. The zero-order chi connectivity index (χ0) is 32.5. The van der Waals surface area contributed by atoms with Crippen LogP contribution in [0, 0.1) is 17.8 Å². The lowest BCUT2D eigenvalue weighted by atomic mass is 9.92. The molecule has 4 amide bonds. The van der Waals surface area contributed by atoms with Crippen LogP contribution in [0.1, 0.15) is 75.3 Å². The molecule has 1 aromatic rings. The Kier molecular flexibility index (Phi) is 7.41. The summed E-state index contributed by atoms with van der Waals surface area (Å²) < 4.78 is 44.5. The molecule has 4 fully saturated rings. The van der Waals surface area contributed by atoms with Gasteiger partial charge in [-0.2, -0.15) is 0 Å². The Hall–Kier alpha value is -3.81. The molecule has 0 aromatic heterocycles. The summed E-state index contributed by atoms with van der Waals surface area (Å²) in [7, 11) is -3.83. The normalized spacial score (nSPS) is 32.4. The van der Waals surface area contributed by atoms with Gasteiger partial charge in [0.25, 0.3) is 5.91 Å². The third-order valence-corrected chi connectivity index (χ3v) is 12.6. The number of rotatable bonds is 5. The van der Waals surface area contributed by atoms with Gasteiger partial charge in [0.05, 0.1) is 17.1 Å². The van der Waals surface area contributed by atoms with Crippen molar-refractivity contribution in [2.24, 2.45) is 17.8 Å². The Morgan fingerprint density at radius 1 is 0.979 bits per heavy atom. The highest BCUT2D eigenvalue weighted by molar-refractivity contribution is 7.91. The Bertz CT molecular complexity index is 1620. The van der Waals surface area contributed by atoms with E-state index in [-0.39, 0.29) is 43.9 Å². The van der Waals surface area contributed by atoms with Crippen LogP contribution in [0.15, 0.2) is 24.3 Å². The number of carbonyl (C=O) groups excluding carboxylic acids is 4. The average molecular weight is 669 g/mol. The minimum Gasteiger partial charge on any atom is -0.454 e. The van der Waals surface area contributed by atoms with E-state index in [1.54, 1.807) is 4.90 Å². The van der Waals surface area contributed by atoms with Crippen molar-refractivity contribution >= 4 is 33.8 Å². The molecule has 0 spiro atoms. The van der Waals surface area contributed by atoms with Gasteiger partial charge in [0.1, 0.15) is 11.6 Å². The second kappa shape index (κ2) is 11.4. The fraction of sp³-hybridized carbons (Fsp3) is 0.636. The number of nitrogens with zero attached hydrogens (tertiary/aromatic N) is 2. The van der Waals surface area contributed by atoms with Crippen molar-refractivity contribution in [2.75, 3.05) is 13.3 Å². The molecule has 3 aliphatic heterocycles. The second-order valence-corrected chi connectivity index (χ2v) is 16.1. The van der Waals surface area contributed by atoms with E-state index in [0.29, 0.717) is 44.0 Å². The predicted octanol–water partition coefficient (Wildman–Crippen LogP) is 2.48. The molecule has 252 valence electrons. The zero-order valence-electron chi connectivity index (χ0n) is 26.1. The number of ether oxygens (including phenoxy) is 3. The maximum Gasteiger partial charge on any atom is 0.410 e. The van der Waals surface area contributed by atoms with Crippen LogP contribution >= 0.6 is 0 Å². The zero-order valence-corrected chi connectivity index (χ0v) is 27.0. The van der Waals surface area contributed by atoms with E-state index in [9.17, 15) is 27.6 Å². The van der Waals surface area contributed by atoms with Gasteiger partial charge in [0.2, 0.25) is 28.6 Å². The van der Waals surface area contributed by atoms with Crippen molar-refractivity contribution in [2.45, 2.75) is 100 Å². The largest absolute Gasteiger partial charge is 0.454 e. The predicted molar refractivity (Wildman–Crippen MR) is 165 cm³/mol. The van der Waals surface area contributed by atoms with Crippen LogP contribution in [0.25, 0.3) is 0 Å². The van der Waals surface area contributed by atoms with Crippen LogP contribution in [0.2, 0.25) is 0 Å². The van der Waals surface area contributed by atoms with Gasteiger partial charge in [-0.3, -0.25) is 24.0 Å². The Morgan fingerprint density at radius 2 is 1.68 bits per heavy atom. The van der Waals surface area contributed by atoms with Crippen LogP contribution in [0.4, 0.5) is 4.79 Å². The number of fused-ring (bicyclic) bond motifs is 4. The summed E-state index contributed by atoms with van der Waals surface area (Å²) in [5.41, 5.74) is 0.481. The Balaban J connectivity index is 1.01. The molecule has 3 heterocycles. The summed E-state index contributed by atoms with van der Waals surface area (Å²) in [6, 6.07) is 3.90. The summed E-state index contributed by atoms with van der Waals surface area (Å²) in [5, 5.41) is 2.32. The van der Waals surface area contributed by atoms with Crippen molar-refractivity contribution < 1.29 is 41.8 Å². The number of nitrogens with one attached hydrogen (secondary N) is 2. The summed E-state index contributed by atoms with van der Waals surface area (Å²) in [6.07, 6.45) is 8.52. The number of hydrogen-bond acceptors (Lipinski definition) is 9. The molecule has 14 heteroatoms. The Morgan fingerprint density at radius 3 is 2.36 bits per heavy atom. The summed E-state index contributed by atoms with van der Waals surface area (Å²) in [5.74, 6) is -1.99. The van der Waals surface area contributed by atoms with Gasteiger partial charge in [-0.25, -0.2) is 13.2 Å². The van der Waals surface area contributed by atoms with Crippen LogP contribution in [-0.4, -0.2) is 78.3 Å². The lowest BCUT2D eigenvalue weighted by Crippen LogP contribution is -2.54. The van der Waals surface area contributed by atoms with Gasteiger partial charge in [-0.15, -0.1) is 0 Å². The maximum atomic E-state index is 14.1. The molecule has 47 heavy (non-hydrogen) atoms. The minimum absolute atomic E-state index is 0.121. The molecule has 7 aliphatic rings. The van der Waals surface area contributed by atoms with E-state index in [1.807, 2.05) is 29.2 Å². The first-order chi connectivity index (χ1) is 22.6. The highest BCUT2D eigenvalue weighted by Gasteiger charge is 2.62. The SMILES string of the molecule is O=C1N[C@]2(C(=O)NS(=O)(=O)C3CC3)C[C@H]2/C=C\CCCCN(C2CC2)C(=O)[C@@H]2C[C@H](OC(=O)N3Cc4cc5c(cc4C3)OCO5)C[C@@H]12. The van der Waals surface area contributed by atoms with Crippen LogP contribution < -0.4 is 19.5 Å². The summed E-state index contributed by atoms with van der Waals surface area (Å²) in [4.78, 5) is 58.6. The molecule has 1 aromatic carbocycles. The third-order valence-electron chi connectivity index (χ3n) is 10.7. The molecule has 5 atom stereocenters. The molecular formula is C33H40N4O9S. The lowest BCUT2D eigenvalue weighted by molar-refractivity contribution is -0.142. The molecule has 0 saturated heterocycles. The number of amides is 4. The quantitative estimate of drug-likeness (QED) is 0.450. The first kappa shape index (κ1) is 30.5. The first-order valence-corrected chi connectivity index (χ1v) is 18.4. The van der Waals surface area contributed by atoms with Gasteiger partial charge in [-0.1, -0.05) is 12.2 Å². The average Bonchev–Trinajstić information content (AvgIpc) is 3.99. The number of benzene rings is 1. The number of allylic oxidation sites excluding steroid dienone is 1. The van der Waals surface area contributed by atoms with Gasteiger partial charge >= 0.3 is 6.09 Å².